The van der Waals surface area contributed by atoms with Crippen molar-refractivity contribution >= 4 is 18.3 Å². The molecule has 116 valence electrons. The summed E-state index contributed by atoms with van der Waals surface area (Å²) in [6.45, 7) is 3.75. The standard InChI is InChI=1S/C16H22N2O2.ClH/c1-11-10-12(6-8-17-11)16(19)18-14-7-9-20-15-5-3-2-4-13(14)15;/h2-5,11-12,14,17H,6-10H2,1H3,(H,18,19);1H/t11-,12-,14?;/m0./s1. The highest BCUT2D eigenvalue weighted by atomic mass is 35.5. The minimum Gasteiger partial charge on any atom is -0.493 e. The zero-order valence-electron chi connectivity index (χ0n) is 12.3. The number of rotatable bonds is 2. The Bertz CT molecular complexity index is 495. The molecule has 5 heteroatoms. The summed E-state index contributed by atoms with van der Waals surface area (Å²) in [6, 6.07) is 8.51. The molecule has 1 unspecified atom stereocenters. The first-order valence-corrected chi connectivity index (χ1v) is 7.49. The van der Waals surface area contributed by atoms with E-state index in [0.29, 0.717) is 12.6 Å². The number of carbonyl (C=O) groups is 1. The van der Waals surface area contributed by atoms with Crippen LogP contribution >= 0.6 is 12.4 Å². The Morgan fingerprint density at radius 1 is 1.33 bits per heavy atom. The second-order valence-electron chi connectivity index (χ2n) is 5.81. The molecule has 2 N–H and O–H groups in total. The molecule has 0 aromatic heterocycles. The molecule has 2 heterocycles. The van der Waals surface area contributed by atoms with E-state index >= 15 is 0 Å². The minimum absolute atomic E-state index is 0. The molecular weight excluding hydrogens is 288 g/mol. The average molecular weight is 311 g/mol. The molecule has 21 heavy (non-hydrogen) atoms. The summed E-state index contributed by atoms with van der Waals surface area (Å²) in [7, 11) is 0. The summed E-state index contributed by atoms with van der Waals surface area (Å²) in [4.78, 5) is 12.4. The molecule has 1 amide bonds. The first-order chi connectivity index (χ1) is 9.74. The van der Waals surface area contributed by atoms with Gasteiger partial charge in [-0.1, -0.05) is 18.2 Å². The zero-order valence-corrected chi connectivity index (χ0v) is 13.1. The maximum Gasteiger partial charge on any atom is 0.223 e. The van der Waals surface area contributed by atoms with Crippen LogP contribution in [0.3, 0.4) is 0 Å². The van der Waals surface area contributed by atoms with Gasteiger partial charge in [-0.05, 0) is 32.4 Å². The lowest BCUT2D eigenvalue weighted by atomic mass is 9.91. The Balaban J connectivity index is 0.00000161. The Morgan fingerprint density at radius 3 is 2.95 bits per heavy atom. The highest BCUT2D eigenvalue weighted by Gasteiger charge is 2.28. The number of amides is 1. The van der Waals surface area contributed by atoms with Crippen LogP contribution in [0.4, 0.5) is 0 Å². The van der Waals surface area contributed by atoms with Crippen LogP contribution in [-0.4, -0.2) is 25.1 Å². The number of hydrogen-bond donors (Lipinski definition) is 2. The second kappa shape index (κ2) is 7.14. The molecule has 1 fully saturated rings. The number of hydrogen-bond acceptors (Lipinski definition) is 3. The van der Waals surface area contributed by atoms with Crippen molar-refractivity contribution in [2.45, 2.75) is 38.3 Å². The molecule has 0 aliphatic carbocycles. The van der Waals surface area contributed by atoms with Crippen molar-refractivity contribution in [1.29, 1.82) is 0 Å². The first-order valence-electron chi connectivity index (χ1n) is 7.49. The van der Waals surface area contributed by atoms with Gasteiger partial charge in [0.25, 0.3) is 0 Å². The van der Waals surface area contributed by atoms with Crippen molar-refractivity contribution in [2.75, 3.05) is 13.2 Å². The number of benzene rings is 1. The number of nitrogens with one attached hydrogen (secondary N) is 2. The van der Waals surface area contributed by atoms with E-state index in [-0.39, 0.29) is 30.3 Å². The zero-order chi connectivity index (χ0) is 13.9. The van der Waals surface area contributed by atoms with Crippen LogP contribution in [0.2, 0.25) is 0 Å². The highest BCUT2D eigenvalue weighted by molar-refractivity contribution is 5.85. The van der Waals surface area contributed by atoms with Gasteiger partial charge in [-0.25, -0.2) is 0 Å². The Kier molecular flexibility index (Phi) is 5.48. The summed E-state index contributed by atoms with van der Waals surface area (Å²) in [6.07, 6.45) is 2.71. The number of ether oxygens (including phenoxy) is 1. The van der Waals surface area contributed by atoms with Crippen LogP contribution in [0.5, 0.6) is 5.75 Å². The van der Waals surface area contributed by atoms with Gasteiger partial charge in [0, 0.05) is 23.9 Å². The van der Waals surface area contributed by atoms with Crippen molar-refractivity contribution < 1.29 is 9.53 Å². The van der Waals surface area contributed by atoms with Gasteiger partial charge in [-0.3, -0.25) is 4.79 Å². The smallest absolute Gasteiger partial charge is 0.223 e. The fourth-order valence-electron chi connectivity index (χ4n) is 3.15. The monoisotopic (exact) mass is 310 g/mol. The summed E-state index contributed by atoms with van der Waals surface area (Å²) in [5.74, 6) is 1.24. The number of carbonyl (C=O) groups excluding carboxylic acids is 1. The maximum absolute atomic E-state index is 12.4. The van der Waals surface area contributed by atoms with Gasteiger partial charge >= 0.3 is 0 Å². The quantitative estimate of drug-likeness (QED) is 0.882. The Labute approximate surface area is 132 Å². The van der Waals surface area contributed by atoms with E-state index in [1.807, 2.05) is 24.3 Å². The third kappa shape index (κ3) is 3.69. The fourth-order valence-corrected chi connectivity index (χ4v) is 3.15. The van der Waals surface area contributed by atoms with Gasteiger partial charge in [0.1, 0.15) is 5.75 Å². The van der Waals surface area contributed by atoms with Gasteiger partial charge < -0.3 is 15.4 Å². The van der Waals surface area contributed by atoms with E-state index in [4.69, 9.17) is 4.74 Å². The summed E-state index contributed by atoms with van der Waals surface area (Å²) >= 11 is 0. The molecular formula is C16H23ClN2O2. The molecule has 0 saturated carbocycles. The van der Waals surface area contributed by atoms with E-state index in [2.05, 4.69) is 17.6 Å². The molecule has 0 spiro atoms. The van der Waals surface area contributed by atoms with Gasteiger partial charge in [0.2, 0.25) is 5.91 Å². The molecule has 3 rings (SSSR count). The SMILES string of the molecule is C[C@H]1C[C@@H](C(=O)NC2CCOc3ccccc32)CCN1.Cl. The van der Waals surface area contributed by atoms with Crippen molar-refractivity contribution in [2.24, 2.45) is 5.92 Å². The van der Waals surface area contributed by atoms with Crippen LogP contribution < -0.4 is 15.4 Å². The van der Waals surface area contributed by atoms with E-state index in [1.54, 1.807) is 0 Å². The van der Waals surface area contributed by atoms with Gasteiger partial charge in [-0.15, -0.1) is 12.4 Å². The Morgan fingerprint density at radius 2 is 2.14 bits per heavy atom. The molecule has 4 nitrogen and oxygen atoms in total. The topological polar surface area (TPSA) is 50.4 Å². The summed E-state index contributed by atoms with van der Waals surface area (Å²) in [5, 5.41) is 6.60. The van der Waals surface area contributed by atoms with E-state index < -0.39 is 0 Å². The van der Waals surface area contributed by atoms with E-state index in [9.17, 15) is 4.79 Å². The number of halogens is 1. The number of piperidine rings is 1. The van der Waals surface area contributed by atoms with Gasteiger partial charge in [0.15, 0.2) is 0 Å². The van der Waals surface area contributed by atoms with Crippen LogP contribution in [0, 0.1) is 5.92 Å². The molecule has 2 aliphatic rings. The largest absolute Gasteiger partial charge is 0.493 e. The molecule has 1 saturated heterocycles. The predicted octanol–water partition coefficient (Wildman–Crippen LogP) is 2.44. The van der Waals surface area contributed by atoms with Crippen LogP contribution in [0.15, 0.2) is 24.3 Å². The number of para-hydroxylation sites is 1. The Hall–Kier alpha value is -1.26. The lowest BCUT2D eigenvalue weighted by Gasteiger charge is -2.31. The van der Waals surface area contributed by atoms with Gasteiger partial charge in [-0.2, -0.15) is 0 Å². The normalized spacial score (nSPS) is 27.8. The molecule has 2 aliphatic heterocycles. The van der Waals surface area contributed by atoms with Crippen LogP contribution in [0.1, 0.15) is 37.8 Å². The summed E-state index contributed by atoms with van der Waals surface area (Å²) < 4.78 is 5.64. The maximum atomic E-state index is 12.4. The molecule has 0 radical (unpaired) electrons. The van der Waals surface area contributed by atoms with Crippen molar-refractivity contribution in [3.05, 3.63) is 29.8 Å². The molecule has 0 bridgehead atoms. The third-order valence-electron chi connectivity index (χ3n) is 4.27. The van der Waals surface area contributed by atoms with Crippen LogP contribution in [0.25, 0.3) is 0 Å². The van der Waals surface area contributed by atoms with Crippen molar-refractivity contribution in [1.82, 2.24) is 10.6 Å². The molecule has 1 aromatic rings. The van der Waals surface area contributed by atoms with E-state index in [0.717, 1.165) is 37.1 Å². The second-order valence-corrected chi connectivity index (χ2v) is 5.81. The average Bonchev–Trinajstić information content (AvgIpc) is 2.47. The molecule has 3 atom stereocenters. The molecule has 1 aromatic carbocycles. The number of fused-ring (bicyclic) bond motifs is 1. The van der Waals surface area contributed by atoms with Crippen molar-refractivity contribution in [3.63, 3.8) is 0 Å². The van der Waals surface area contributed by atoms with Gasteiger partial charge in [0.05, 0.1) is 12.6 Å². The van der Waals surface area contributed by atoms with E-state index in [1.165, 1.54) is 0 Å². The lowest BCUT2D eigenvalue weighted by Crippen LogP contribution is -2.43. The predicted molar refractivity (Wildman–Crippen MR) is 84.9 cm³/mol. The van der Waals surface area contributed by atoms with Crippen LogP contribution in [-0.2, 0) is 4.79 Å². The summed E-state index contributed by atoms with van der Waals surface area (Å²) in [5.41, 5.74) is 1.11. The fraction of sp³-hybridized carbons (Fsp3) is 0.562. The first kappa shape index (κ1) is 16.1. The lowest BCUT2D eigenvalue weighted by molar-refractivity contribution is -0.127. The third-order valence-corrected chi connectivity index (χ3v) is 4.27. The minimum atomic E-state index is 0. The van der Waals surface area contributed by atoms with Crippen molar-refractivity contribution in [3.8, 4) is 5.75 Å². The highest BCUT2D eigenvalue weighted by Crippen LogP contribution is 2.32.